The van der Waals surface area contributed by atoms with Gasteiger partial charge in [-0.3, -0.25) is 49.0 Å². The van der Waals surface area contributed by atoms with Crippen molar-refractivity contribution in [1.29, 1.82) is 0 Å². The molecule has 104 heavy (non-hydrogen) atoms. The summed E-state index contributed by atoms with van der Waals surface area (Å²) in [5.74, 6) is -2.88. The number of rotatable bonds is 62. The molecule has 0 saturated heterocycles. The Bertz CT molecular complexity index is 2030. The molecule has 0 aliphatic heterocycles. The third kappa shape index (κ3) is 85.6. The van der Waals surface area contributed by atoms with Crippen LogP contribution in [0.1, 0.15) is 240 Å². The van der Waals surface area contributed by atoms with Gasteiger partial charge >= 0.3 is 11.9 Å². The number of carboxylic acids is 2. The zero-order valence-corrected chi connectivity index (χ0v) is 79.3. The summed E-state index contributed by atoms with van der Waals surface area (Å²) < 4.78 is 0. The Labute approximate surface area is 731 Å². The van der Waals surface area contributed by atoms with Gasteiger partial charge in [0.15, 0.2) is 23.1 Å². The van der Waals surface area contributed by atoms with Gasteiger partial charge in [-0.25, -0.2) is 0 Å². The number of hydrogen-bond acceptors (Lipinski definition) is 22. The molecule has 0 heterocycles. The molecule has 0 aromatic carbocycles. The second-order valence-corrected chi connectivity index (χ2v) is 28.6. The van der Waals surface area contributed by atoms with Crippen LogP contribution in [0.4, 0.5) is 0 Å². The van der Waals surface area contributed by atoms with Gasteiger partial charge in [0.25, 0.3) is 0 Å². The van der Waals surface area contributed by atoms with E-state index in [1.54, 1.807) is 0 Å². The summed E-state index contributed by atoms with van der Waals surface area (Å²) in [6.07, 6.45) is 14.3. The van der Waals surface area contributed by atoms with Crippen LogP contribution in [0.5, 0.6) is 0 Å². The van der Waals surface area contributed by atoms with E-state index in [1.807, 2.05) is 27.7 Å². The Hall–Kier alpha value is -0.424. The fraction of sp³-hybridized carbons (Fsp3) is 0.838. The molecular formula is C74H148N14O12Y4-2. The van der Waals surface area contributed by atoms with Crippen molar-refractivity contribution in [2.45, 2.75) is 325 Å². The smallest absolute Gasteiger partial charge is 0.320 e. The number of ketones is 6. The largest absolute Gasteiger partial charge is 0.480 e. The zero-order valence-electron chi connectivity index (χ0n) is 68.0. The van der Waals surface area contributed by atoms with Crippen molar-refractivity contribution in [3.05, 3.63) is 13.8 Å². The Balaban J connectivity index is -0.000000197. The summed E-state index contributed by atoms with van der Waals surface area (Å²) in [4.78, 5) is 117. The summed E-state index contributed by atoms with van der Waals surface area (Å²) >= 11 is 0. The molecule has 6 atom stereocenters. The van der Waals surface area contributed by atoms with Crippen molar-refractivity contribution in [3.8, 4) is 0 Å². The van der Waals surface area contributed by atoms with Gasteiger partial charge in [0.05, 0.1) is 51.4 Å². The maximum atomic E-state index is 12.6. The van der Waals surface area contributed by atoms with Gasteiger partial charge < -0.3 is 97.5 Å². The molecule has 30 heteroatoms. The predicted octanol–water partition coefficient (Wildman–Crippen LogP) is 5.04. The van der Waals surface area contributed by atoms with Crippen molar-refractivity contribution in [2.75, 3.05) is 78.5 Å². The maximum Gasteiger partial charge on any atom is 0.320 e. The van der Waals surface area contributed by atoms with Crippen LogP contribution in [0.3, 0.4) is 0 Å². The molecule has 0 aliphatic rings. The molecule has 6 unspecified atom stereocenters. The Morgan fingerprint density at radius 3 is 0.644 bits per heavy atom. The average Bonchev–Trinajstić information content (AvgIpc) is 0.926. The van der Waals surface area contributed by atoms with E-state index in [9.17, 15) is 53.1 Å². The number of aliphatic carboxylic acids is 2. The molecule has 0 rings (SSSR count). The summed E-state index contributed by atoms with van der Waals surface area (Å²) in [5.41, 5.74) is 0. The Morgan fingerprint density at radius 2 is 0.442 bits per heavy atom. The minimum atomic E-state index is -0.953. The number of hydrogen-bond donors (Lipinski definition) is 16. The quantitative estimate of drug-likeness (QED) is 0.0280. The van der Waals surface area contributed by atoms with Gasteiger partial charge in [0.2, 0.25) is 11.8 Å². The second kappa shape index (κ2) is 79.2. The van der Waals surface area contributed by atoms with Gasteiger partial charge in [-0.1, -0.05) is 136 Å². The molecule has 16 N–H and O–H groups in total. The Kier molecular flexibility index (Phi) is 90.9. The first-order chi connectivity index (χ1) is 46.9. The number of nitrogens with one attached hydrogen (secondary N) is 14. The number of amides is 2. The number of Topliss-reactive ketones (excluding diaryl/α,β-unsaturated/α-hetero) is 6. The van der Waals surface area contributed by atoms with Crippen LogP contribution >= 0.6 is 0 Å². The van der Waals surface area contributed by atoms with Crippen LogP contribution in [-0.4, -0.2) is 232 Å². The number of carboxylic acid groups (broad SMARTS) is 2. The van der Waals surface area contributed by atoms with Gasteiger partial charge in [-0.05, 0) is 129 Å². The maximum absolute atomic E-state index is 12.6. The van der Waals surface area contributed by atoms with Crippen molar-refractivity contribution in [3.63, 3.8) is 0 Å². The van der Waals surface area contributed by atoms with E-state index in [0.29, 0.717) is 74.9 Å². The molecule has 0 aromatic heterocycles. The minimum absolute atomic E-state index is 0. The SMILES string of the molecule is CC(=O)NC(CCCCNC(C)C)C(=O)CNC(CCCCNC(C)C)C(=O)O.CC(C)NCCCCC(NCC(=O)CNC(C)C)C(=O)O.[CH2-]C(=O)C(CCCCNC(C)C)NCC(=O)C(CCCCNC(C)C)NC(C)=O.[CH2-]C(=O)C(CCCCNC(C)C)NCC(=O)CNC(C)C.[Y].[Y].[Y].[Y]. The van der Waals surface area contributed by atoms with Gasteiger partial charge in [-0.2, -0.15) is 0 Å². The van der Waals surface area contributed by atoms with Crippen LogP contribution in [0.2, 0.25) is 0 Å². The summed E-state index contributed by atoms with van der Waals surface area (Å²) in [6, 6.07) is -0.0634. The van der Waals surface area contributed by atoms with Crippen LogP contribution in [-0.2, 0) is 179 Å². The molecule has 4 radical (unpaired) electrons. The molecular weight excluding hydrogens is 1630 g/mol. The monoisotopic (exact) mass is 1780 g/mol. The molecule has 600 valence electrons. The number of carbonyl (C=O) groups excluding carboxylic acids is 8. The molecule has 0 bridgehead atoms. The summed E-state index contributed by atoms with van der Waals surface area (Å²) in [6.45, 7) is 49.1. The number of carbonyl (C=O) groups is 10. The number of unbranched alkanes of at least 4 members (excludes halogenated alkanes) is 6. The first kappa shape index (κ1) is 119. The van der Waals surface area contributed by atoms with Gasteiger partial charge in [0, 0.05) is 217 Å². The van der Waals surface area contributed by atoms with E-state index < -0.39 is 42.1 Å². The predicted molar refractivity (Wildman–Crippen MR) is 407 cm³/mol. The summed E-state index contributed by atoms with van der Waals surface area (Å²) in [7, 11) is 0. The molecule has 0 spiro atoms. The van der Waals surface area contributed by atoms with E-state index in [4.69, 9.17) is 5.11 Å². The Morgan fingerprint density at radius 1 is 0.260 bits per heavy atom. The third-order valence-corrected chi connectivity index (χ3v) is 15.3. The van der Waals surface area contributed by atoms with Crippen LogP contribution in [0, 0.1) is 13.8 Å². The first-order valence-electron chi connectivity index (χ1n) is 37.5. The normalized spacial score (nSPS) is 12.7. The van der Waals surface area contributed by atoms with E-state index in [2.05, 4.69) is 171 Å². The molecule has 0 aliphatic carbocycles. The summed E-state index contributed by atoms with van der Waals surface area (Å²) in [5, 5.41) is 61.8. The fourth-order valence-electron chi connectivity index (χ4n) is 9.61. The van der Waals surface area contributed by atoms with Crippen molar-refractivity contribution in [2.24, 2.45) is 0 Å². The van der Waals surface area contributed by atoms with Crippen molar-refractivity contribution in [1.82, 2.24) is 74.4 Å². The van der Waals surface area contributed by atoms with E-state index >= 15 is 0 Å². The molecule has 0 aromatic rings. The van der Waals surface area contributed by atoms with Crippen molar-refractivity contribution >= 4 is 58.5 Å². The molecule has 0 fully saturated rings. The standard InChI is InChI=1S/C22H43N4O3.C21H42N4O4.C16H32N3O2.C15H31N3O3.4Y/c1-16(2)23-13-9-7-11-20(18(5)27)25-15-22(29)21(26-19(6)28)12-8-10-14-24-17(3)4;1-15(2)22-12-8-6-10-18(25-17(5)26)20(27)14-24-19(21(28)29)11-7-9-13-23-16(3)4;1-12(2)17-9-7-6-8-16(14(5)20)19-11-15(21)10-18-13(3)4;1-11(2)16-8-6-5-7-14(15(20)21)18-10-13(19)9-17-12(3)4;;;;/h16-17,20-21,23-25H,5,7-15H2,1-4,6H3,(H,26,28);15-16,18-19,22-24H,6-14H2,1-5H3,(H,25,26)(H,28,29);12-13,16-19H,5-11H2,1-4H3;11-12,14,16-18H,5-10H2,1-4H3,(H,20,21);;;;/q-1;;-1;;;;;. The molecule has 2 amide bonds. The van der Waals surface area contributed by atoms with E-state index in [-0.39, 0.29) is 228 Å². The first-order valence-corrected chi connectivity index (χ1v) is 37.5. The van der Waals surface area contributed by atoms with Crippen LogP contribution < -0.4 is 74.4 Å². The van der Waals surface area contributed by atoms with Crippen LogP contribution in [0.25, 0.3) is 0 Å². The third-order valence-electron chi connectivity index (χ3n) is 15.3. The fourth-order valence-corrected chi connectivity index (χ4v) is 9.61. The molecule has 0 saturated carbocycles. The zero-order chi connectivity index (χ0) is 77.0. The average molecular weight is 1780 g/mol. The second-order valence-electron chi connectivity index (χ2n) is 28.6. The topological polar surface area (TPSA) is 380 Å². The minimum Gasteiger partial charge on any atom is -0.480 e. The van der Waals surface area contributed by atoms with E-state index in [0.717, 1.165) is 123 Å². The van der Waals surface area contributed by atoms with Crippen molar-refractivity contribution < 1.29 is 189 Å². The van der Waals surface area contributed by atoms with E-state index in [1.165, 1.54) is 13.8 Å². The van der Waals surface area contributed by atoms with Gasteiger partial charge in [-0.15, -0.1) is 0 Å². The molecule has 26 nitrogen and oxygen atoms in total. The van der Waals surface area contributed by atoms with Gasteiger partial charge in [0.1, 0.15) is 12.1 Å². The van der Waals surface area contributed by atoms with Crippen LogP contribution in [0.15, 0.2) is 0 Å².